The van der Waals surface area contributed by atoms with Gasteiger partial charge >= 0.3 is 6.18 Å². The molecule has 0 spiro atoms. The largest absolute Gasteiger partial charge is 0.433 e. The quantitative estimate of drug-likeness (QED) is 0.804. The Bertz CT molecular complexity index is 844. The second kappa shape index (κ2) is 8.52. The number of aromatic nitrogens is 2. The highest BCUT2D eigenvalue weighted by Gasteiger charge is 2.34. The lowest BCUT2D eigenvalue weighted by Gasteiger charge is -2.34. The number of nitrogens with zero attached hydrogens (tertiary/aromatic N) is 4. The summed E-state index contributed by atoms with van der Waals surface area (Å²) in [5.74, 6) is -0.557. The maximum Gasteiger partial charge on any atom is 0.433 e. The lowest BCUT2D eigenvalue weighted by molar-refractivity contribution is -0.141. The van der Waals surface area contributed by atoms with E-state index in [4.69, 9.17) is 0 Å². The first-order valence-electron chi connectivity index (χ1n) is 8.99. The lowest BCUT2D eigenvalue weighted by Crippen LogP contribution is -2.48. The fourth-order valence-electron chi connectivity index (χ4n) is 3.02. The normalized spacial score (nSPS) is 15.9. The number of hydrogen-bond donors (Lipinski definition) is 0. The number of halogens is 3. The number of amides is 1. The Balaban J connectivity index is 1.57. The van der Waals surface area contributed by atoms with Crippen LogP contribution in [0, 0.1) is 6.92 Å². The molecule has 2 aromatic rings. The summed E-state index contributed by atoms with van der Waals surface area (Å²) < 4.78 is 38.8. The summed E-state index contributed by atoms with van der Waals surface area (Å²) in [7, 11) is 0. The van der Waals surface area contributed by atoms with Crippen molar-refractivity contribution >= 4 is 12.0 Å². The Morgan fingerprint density at radius 3 is 2.43 bits per heavy atom. The van der Waals surface area contributed by atoms with Gasteiger partial charge in [0.05, 0.1) is 0 Å². The van der Waals surface area contributed by atoms with Crippen molar-refractivity contribution in [3.05, 3.63) is 65.2 Å². The van der Waals surface area contributed by atoms with E-state index in [0.29, 0.717) is 26.2 Å². The van der Waals surface area contributed by atoms with E-state index in [0.717, 1.165) is 18.2 Å². The van der Waals surface area contributed by atoms with Gasteiger partial charge in [-0.1, -0.05) is 42.5 Å². The van der Waals surface area contributed by atoms with Crippen molar-refractivity contribution in [3.8, 4) is 0 Å². The summed E-state index contributed by atoms with van der Waals surface area (Å²) in [6.07, 6.45) is -0.497. The number of piperazine rings is 1. The molecule has 0 saturated carbocycles. The highest BCUT2D eigenvalue weighted by molar-refractivity contribution is 5.92. The van der Waals surface area contributed by atoms with E-state index in [-0.39, 0.29) is 11.5 Å². The van der Waals surface area contributed by atoms with Crippen LogP contribution in [0.1, 0.15) is 27.6 Å². The smallest absolute Gasteiger partial charge is 0.335 e. The molecule has 1 saturated heterocycles. The molecule has 0 atom stereocenters. The highest BCUT2D eigenvalue weighted by Crippen LogP contribution is 2.28. The molecule has 0 N–H and O–H groups in total. The summed E-state index contributed by atoms with van der Waals surface area (Å²) in [6.45, 7) is 4.30. The second-order valence-electron chi connectivity index (χ2n) is 6.59. The third kappa shape index (κ3) is 5.16. The van der Waals surface area contributed by atoms with E-state index in [9.17, 15) is 18.0 Å². The van der Waals surface area contributed by atoms with Crippen LogP contribution in [0.15, 0.2) is 42.5 Å². The fourth-order valence-corrected chi connectivity index (χ4v) is 3.02. The van der Waals surface area contributed by atoms with Crippen LogP contribution in [0.2, 0.25) is 0 Å². The molecule has 3 rings (SSSR count). The zero-order valence-electron chi connectivity index (χ0n) is 15.5. The molecule has 0 bridgehead atoms. The first-order chi connectivity index (χ1) is 13.3. The molecule has 1 aromatic carbocycles. The first kappa shape index (κ1) is 20.0. The molecule has 1 aromatic heterocycles. The van der Waals surface area contributed by atoms with Crippen LogP contribution in [0.25, 0.3) is 6.08 Å². The average molecular weight is 390 g/mol. The van der Waals surface area contributed by atoms with Crippen molar-refractivity contribution in [1.82, 2.24) is 19.8 Å². The fraction of sp³-hybridized carbons (Fsp3) is 0.350. The Kier molecular flexibility index (Phi) is 6.08. The van der Waals surface area contributed by atoms with Crippen molar-refractivity contribution in [1.29, 1.82) is 0 Å². The van der Waals surface area contributed by atoms with Crippen LogP contribution < -0.4 is 0 Å². The molecule has 2 heterocycles. The van der Waals surface area contributed by atoms with E-state index in [1.807, 2.05) is 36.4 Å². The minimum Gasteiger partial charge on any atom is -0.335 e. The van der Waals surface area contributed by atoms with Gasteiger partial charge in [-0.05, 0) is 12.5 Å². The molecule has 1 fully saturated rings. The molecule has 1 amide bonds. The van der Waals surface area contributed by atoms with Gasteiger partial charge in [0.25, 0.3) is 5.91 Å². The predicted octanol–water partition coefficient (Wildman–Crippen LogP) is 3.28. The Labute approximate surface area is 161 Å². The first-order valence-corrected chi connectivity index (χ1v) is 8.99. The van der Waals surface area contributed by atoms with Gasteiger partial charge < -0.3 is 4.90 Å². The SMILES string of the molecule is Cc1nc(C(=O)N2CCN(C/C=C/c3ccccc3)CC2)cc(C(F)(F)F)n1. The molecule has 148 valence electrons. The minimum absolute atomic E-state index is 0.0668. The van der Waals surface area contributed by atoms with Gasteiger partial charge in [0.2, 0.25) is 0 Å². The van der Waals surface area contributed by atoms with Gasteiger partial charge in [-0.25, -0.2) is 9.97 Å². The maximum absolute atomic E-state index is 12.9. The van der Waals surface area contributed by atoms with Gasteiger partial charge in [-0.3, -0.25) is 9.69 Å². The Hall–Kier alpha value is -2.74. The van der Waals surface area contributed by atoms with Crippen molar-refractivity contribution < 1.29 is 18.0 Å². The second-order valence-corrected chi connectivity index (χ2v) is 6.59. The molecule has 28 heavy (non-hydrogen) atoms. The number of benzene rings is 1. The summed E-state index contributed by atoms with van der Waals surface area (Å²) >= 11 is 0. The zero-order chi connectivity index (χ0) is 20.1. The van der Waals surface area contributed by atoms with Crippen LogP contribution in [-0.4, -0.2) is 58.4 Å². The van der Waals surface area contributed by atoms with E-state index in [2.05, 4.69) is 20.9 Å². The molecular formula is C20H21F3N4O. The monoisotopic (exact) mass is 390 g/mol. The number of alkyl halides is 3. The molecule has 5 nitrogen and oxygen atoms in total. The van der Waals surface area contributed by atoms with E-state index in [1.165, 1.54) is 6.92 Å². The van der Waals surface area contributed by atoms with Crippen molar-refractivity contribution in [2.45, 2.75) is 13.1 Å². The summed E-state index contributed by atoms with van der Waals surface area (Å²) in [5.41, 5.74) is -0.179. The Morgan fingerprint density at radius 1 is 1.11 bits per heavy atom. The Morgan fingerprint density at radius 2 is 1.79 bits per heavy atom. The number of hydrogen-bond acceptors (Lipinski definition) is 4. The highest BCUT2D eigenvalue weighted by atomic mass is 19.4. The van der Waals surface area contributed by atoms with Crippen molar-refractivity contribution in [2.24, 2.45) is 0 Å². The molecule has 1 aliphatic heterocycles. The van der Waals surface area contributed by atoms with Crippen molar-refractivity contribution in [2.75, 3.05) is 32.7 Å². The third-order valence-electron chi connectivity index (χ3n) is 4.48. The molecule has 1 aliphatic rings. The van der Waals surface area contributed by atoms with E-state index < -0.39 is 17.8 Å². The predicted molar refractivity (Wildman–Crippen MR) is 99.6 cm³/mol. The van der Waals surface area contributed by atoms with Gasteiger partial charge in [0, 0.05) is 38.8 Å². The van der Waals surface area contributed by atoms with Crippen LogP contribution in [0.3, 0.4) is 0 Å². The van der Waals surface area contributed by atoms with Crippen LogP contribution in [-0.2, 0) is 6.18 Å². The maximum atomic E-state index is 12.9. The average Bonchev–Trinajstić information content (AvgIpc) is 2.68. The van der Waals surface area contributed by atoms with E-state index in [1.54, 1.807) is 4.90 Å². The zero-order valence-corrected chi connectivity index (χ0v) is 15.5. The topological polar surface area (TPSA) is 49.3 Å². The standard InChI is InChI=1S/C20H21F3N4O/c1-15-24-17(14-18(25-15)20(21,22)23)19(28)27-12-10-26(11-13-27)9-5-8-16-6-3-2-4-7-16/h2-8,14H,9-13H2,1H3/b8-5+. The van der Waals surface area contributed by atoms with Gasteiger partial charge in [0.15, 0.2) is 0 Å². The molecule has 0 unspecified atom stereocenters. The molecule has 0 aliphatic carbocycles. The lowest BCUT2D eigenvalue weighted by atomic mass is 10.2. The van der Waals surface area contributed by atoms with Crippen LogP contribution in [0.4, 0.5) is 13.2 Å². The van der Waals surface area contributed by atoms with Crippen molar-refractivity contribution in [3.63, 3.8) is 0 Å². The van der Waals surface area contributed by atoms with Gasteiger partial charge in [-0.2, -0.15) is 13.2 Å². The summed E-state index contributed by atoms with van der Waals surface area (Å²) in [4.78, 5) is 23.6. The number of rotatable bonds is 4. The molecule has 0 radical (unpaired) electrons. The van der Waals surface area contributed by atoms with Crippen LogP contribution >= 0.6 is 0 Å². The number of carbonyl (C=O) groups is 1. The number of carbonyl (C=O) groups excluding carboxylic acids is 1. The minimum atomic E-state index is -4.60. The number of aryl methyl sites for hydroxylation is 1. The summed E-state index contributed by atoms with van der Waals surface area (Å²) in [5, 5.41) is 0. The van der Waals surface area contributed by atoms with Gasteiger partial charge in [-0.15, -0.1) is 0 Å². The van der Waals surface area contributed by atoms with Crippen LogP contribution in [0.5, 0.6) is 0 Å². The molecular weight excluding hydrogens is 369 g/mol. The molecule has 8 heteroatoms. The third-order valence-corrected chi connectivity index (χ3v) is 4.48. The summed E-state index contributed by atoms with van der Waals surface area (Å²) in [6, 6.07) is 10.7. The van der Waals surface area contributed by atoms with E-state index >= 15 is 0 Å². The van der Waals surface area contributed by atoms with Gasteiger partial charge in [0.1, 0.15) is 17.2 Å².